The summed E-state index contributed by atoms with van der Waals surface area (Å²) in [5, 5.41) is 3.24. The predicted octanol–water partition coefficient (Wildman–Crippen LogP) is 4.20. The van der Waals surface area contributed by atoms with Crippen LogP contribution in [-0.4, -0.2) is 26.7 Å². The Morgan fingerprint density at radius 3 is 2.42 bits per heavy atom. The molecule has 0 bridgehead atoms. The first kappa shape index (κ1) is 16.4. The van der Waals surface area contributed by atoms with Crippen LogP contribution in [0.15, 0.2) is 60.7 Å². The summed E-state index contributed by atoms with van der Waals surface area (Å²) in [4.78, 5) is 6.58. The Labute approximate surface area is 147 Å². The smallest absolute Gasteiger partial charge is 0.217 e. The van der Waals surface area contributed by atoms with E-state index in [1.807, 2.05) is 41.1 Å². The standard InChI is InChI=1S/C19H20N4S/c1-22(14-17-10-6-3-7-11-17)15-23-19(24)20-18(21-23)13-12-16-8-4-2-5-9-16/h2-13H,14-15H2,1H3,(H,20,21,24). The quantitative estimate of drug-likeness (QED) is 0.686. The summed E-state index contributed by atoms with van der Waals surface area (Å²) in [5.74, 6) is 0.761. The van der Waals surface area contributed by atoms with Gasteiger partial charge in [0.25, 0.3) is 0 Å². The number of hydrogen-bond donors (Lipinski definition) is 1. The summed E-state index contributed by atoms with van der Waals surface area (Å²) in [5.41, 5.74) is 2.41. The van der Waals surface area contributed by atoms with Crippen molar-refractivity contribution in [1.82, 2.24) is 19.7 Å². The van der Waals surface area contributed by atoms with Gasteiger partial charge in [0.15, 0.2) is 0 Å². The van der Waals surface area contributed by atoms with E-state index in [0.29, 0.717) is 11.4 Å². The van der Waals surface area contributed by atoms with Crippen molar-refractivity contribution >= 4 is 24.4 Å². The molecule has 0 fully saturated rings. The summed E-state index contributed by atoms with van der Waals surface area (Å²) < 4.78 is 2.44. The molecule has 0 aliphatic carbocycles. The molecule has 1 aromatic heterocycles. The molecule has 0 saturated heterocycles. The topological polar surface area (TPSA) is 36.9 Å². The Balaban J connectivity index is 1.66. The van der Waals surface area contributed by atoms with Crippen LogP contribution in [0.2, 0.25) is 0 Å². The van der Waals surface area contributed by atoms with E-state index in [9.17, 15) is 0 Å². The van der Waals surface area contributed by atoms with Crippen molar-refractivity contribution < 1.29 is 0 Å². The third-order valence-electron chi connectivity index (χ3n) is 3.61. The molecule has 1 N–H and O–H groups in total. The fraction of sp³-hybridized carbons (Fsp3) is 0.158. The first-order valence-electron chi connectivity index (χ1n) is 7.83. The maximum atomic E-state index is 5.35. The highest BCUT2D eigenvalue weighted by atomic mass is 32.1. The predicted molar refractivity (Wildman–Crippen MR) is 101 cm³/mol. The SMILES string of the molecule is CN(Cc1ccccc1)Cn1[nH]c(C=Cc2ccccc2)nc1=S. The van der Waals surface area contributed by atoms with Crippen LogP contribution in [0.4, 0.5) is 0 Å². The molecule has 0 aliphatic rings. The zero-order chi connectivity index (χ0) is 16.8. The van der Waals surface area contributed by atoms with Crippen molar-refractivity contribution in [3.05, 3.63) is 82.4 Å². The van der Waals surface area contributed by atoms with Crippen LogP contribution in [0.5, 0.6) is 0 Å². The third-order valence-corrected chi connectivity index (χ3v) is 3.92. The Morgan fingerprint density at radius 1 is 1.04 bits per heavy atom. The number of aromatic amines is 1. The van der Waals surface area contributed by atoms with Gasteiger partial charge in [-0.1, -0.05) is 66.7 Å². The summed E-state index contributed by atoms with van der Waals surface area (Å²) >= 11 is 5.35. The molecule has 3 aromatic rings. The molecule has 1 heterocycles. The Kier molecular flexibility index (Phi) is 5.36. The minimum Gasteiger partial charge on any atom is -0.283 e. The maximum Gasteiger partial charge on any atom is 0.217 e. The molecule has 3 rings (SSSR count). The zero-order valence-electron chi connectivity index (χ0n) is 13.6. The van der Waals surface area contributed by atoms with Gasteiger partial charge in [0.2, 0.25) is 4.77 Å². The van der Waals surface area contributed by atoms with E-state index >= 15 is 0 Å². The monoisotopic (exact) mass is 336 g/mol. The van der Waals surface area contributed by atoms with Gasteiger partial charge in [-0.25, -0.2) is 4.68 Å². The van der Waals surface area contributed by atoms with Crippen LogP contribution in [0.3, 0.4) is 0 Å². The van der Waals surface area contributed by atoms with Crippen molar-refractivity contribution in [2.24, 2.45) is 0 Å². The fourth-order valence-corrected chi connectivity index (χ4v) is 2.67. The minimum absolute atomic E-state index is 0.558. The third kappa shape index (κ3) is 4.50. The van der Waals surface area contributed by atoms with Gasteiger partial charge in [0.1, 0.15) is 5.82 Å². The molecule has 0 saturated carbocycles. The molecule has 122 valence electrons. The van der Waals surface area contributed by atoms with E-state index in [-0.39, 0.29) is 0 Å². The number of rotatable bonds is 6. The van der Waals surface area contributed by atoms with E-state index in [1.165, 1.54) is 5.56 Å². The van der Waals surface area contributed by atoms with Gasteiger partial charge in [-0.05, 0) is 36.5 Å². The average Bonchev–Trinajstić information content (AvgIpc) is 2.94. The van der Waals surface area contributed by atoms with Gasteiger partial charge < -0.3 is 0 Å². The molecule has 0 spiro atoms. The van der Waals surface area contributed by atoms with E-state index in [2.05, 4.69) is 58.4 Å². The fourth-order valence-electron chi connectivity index (χ4n) is 2.47. The minimum atomic E-state index is 0.558. The van der Waals surface area contributed by atoms with Crippen LogP contribution >= 0.6 is 12.2 Å². The van der Waals surface area contributed by atoms with Crippen LogP contribution in [-0.2, 0) is 13.2 Å². The summed E-state index contributed by atoms with van der Waals surface area (Å²) in [6, 6.07) is 20.5. The first-order valence-corrected chi connectivity index (χ1v) is 8.24. The molecule has 0 aliphatic heterocycles. The molecule has 0 unspecified atom stereocenters. The van der Waals surface area contributed by atoms with Crippen molar-refractivity contribution in [2.45, 2.75) is 13.2 Å². The highest BCUT2D eigenvalue weighted by Crippen LogP contribution is 2.07. The van der Waals surface area contributed by atoms with Gasteiger partial charge >= 0.3 is 0 Å². The number of nitrogens with one attached hydrogen (secondary N) is 1. The Morgan fingerprint density at radius 2 is 1.71 bits per heavy atom. The maximum absolute atomic E-state index is 5.35. The summed E-state index contributed by atoms with van der Waals surface area (Å²) in [7, 11) is 2.06. The van der Waals surface area contributed by atoms with Gasteiger partial charge in [-0.3, -0.25) is 10.00 Å². The Bertz CT molecular complexity index is 850. The lowest BCUT2D eigenvalue weighted by molar-refractivity contribution is 0.244. The van der Waals surface area contributed by atoms with E-state index in [1.54, 1.807) is 0 Å². The van der Waals surface area contributed by atoms with Gasteiger partial charge in [0, 0.05) is 6.54 Å². The van der Waals surface area contributed by atoms with Crippen molar-refractivity contribution in [1.29, 1.82) is 0 Å². The van der Waals surface area contributed by atoms with Gasteiger partial charge in [-0.2, -0.15) is 4.98 Å². The van der Waals surface area contributed by atoms with Crippen molar-refractivity contribution in [2.75, 3.05) is 7.05 Å². The van der Waals surface area contributed by atoms with E-state index < -0.39 is 0 Å². The molecule has 2 aromatic carbocycles. The molecular formula is C19H20N4S. The number of H-pyrrole nitrogens is 1. The lowest BCUT2D eigenvalue weighted by atomic mass is 10.2. The molecule has 4 nitrogen and oxygen atoms in total. The molecule has 0 amide bonds. The zero-order valence-corrected chi connectivity index (χ0v) is 14.4. The van der Waals surface area contributed by atoms with Crippen molar-refractivity contribution in [3.63, 3.8) is 0 Å². The second-order valence-corrected chi connectivity index (χ2v) is 6.07. The molecule has 0 radical (unpaired) electrons. The van der Waals surface area contributed by atoms with E-state index in [4.69, 9.17) is 12.2 Å². The second kappa shape index (κ2) is 7.86. The molecule has 0 atom stereocenters. The number of nitrogens with zero attached hydrogens (tertiary/aromatic N) is 3. The summed E-state index contributed by atoms with van der Waals surface area (Å²) in [6.45, 7) is 1.52. The largest absolute Gasteiger partial charge is 0.283 e. The normalized spacial score (nSPS) is 11.4. The van der Waals surface area contributed by atoms with Gasteiger partial charge in [0.05, 0.1) is 6.67 Å². The first-order chi connectivity index (χ1) is 11.7. The second-order valence-electron chi connectivity index (χ2n) is 5.70. The van der Waals surface area contributed by atoms with Crippen LogP contribution in [0, 0.1) is 4.77 Å². The van der Waals surface area contributed by atoms with Crippen LogP contribution in [0.1, 0.15) is 17.0 Å². The van der Waals surface area contributed by atoms with Gasteiger partial charge in [-0.15, -0.1) is 0 Å². The lowest BCUT2D eigenvalue weighted by Gasteiger charge is -2.16. The lowest BCUT2D eigenvalue weighted by Crippen LogP contribution is -2.22. The molecule has 24 heavy (non-hydrogen) atoms. The van der Waals surface area contributed by atoms with Crippen molar-refractivity contribution in [3.8, 4) is 0 Å². The Hall–Kier alpha value is -2.50. The highest BCUT2D eigenvalue weighted by Gasteiger charge is 2.04. The molecule has 5 heteroatoms. The van der Waals surface area contributed by atoms with E-state index in [0.717, 1.165) is 17.9 Å². The number of hydrogen-bond acceptors (Lipinski definition) is 3. The number of aromatic nitrogens is 3. The highest BCUT2D eigenvalue weighted by molar-refractivity contribution is 7.71. The molecular weight excluding hydrogens is 316 g/mol. The van der Waals surface area contributed by atoms with Crippen LogP contribution in [0.25, 0.3) is 12.2 Å². The number of benzene rings is 2. The average molecular weight is 336 g/mol. The van der Waals surface area contributed by atoms with Crippen LogP contribution < -0.4 is 0 Å². The summed E-state index contributed by atoms with van der Waals surface area (Å²) in [6.07, 6.45) is 3.96.